The molecule has 0 aliphatic carbocycles. The number of alkyl halides is 1. The van der Waals surface area contributed by atoms with E-state index in [0.29, 0.717) is 0 Å². The van der Waals surface area contributed by atoms with Crippen LogP contribution in [0.1, 0.15) is 24.2 Å². The van der Waals surface area contributed by atoms with Crippen molar-refractivity contribution in [2.24, 2.45) is 5.11 Å². The molecule has 0 bridgehead atoms. The first kappa shape index (κ1) is 19.6. The molecule has 0 heterocycles. The third-order valence-electron chi connectivity index (χ3n) is 3.55. The fourth-order valence-electron chi connectivity index (χ4n) is 2.19. The predicted octanol–water partition coefficient (Wildman–Crippen LogP) is 4.53. The van der Waals surface area contributed by atoms with Crippen LogP contribution < -0.4 is 0 Å². The number of ether oxygens (including phenoxy) is 1. The lowest BCUT2D eigenvalue weighted by molar-refractivity contribution is 0.0722. The Kier molecular flexibility index (Phi) is 8.50. The average molecular weight is 331 g/mol. The number of azide groups is 1. The smallest absolute Gasteiger partial charge is 0.101 e. The van der Waals surface area contributed by atoms with E-state index in [1.165, 1.54) is 7.11 Å². The van der Waals surface area contributed by atoms with Crippen LogP contribution >= 0.6 is 0 Å². The summed E-state index contributed by atoms with van der Waals surface area (Å²) in [6.45, 7) is 4.82. The molecule has 0 aliphatic heterocycles. The van der Waals surface area contributed by atoms with E-state index >= 15 is 0 Å². The predicted molar refractivity (Wildman–Crippen MR) is 94.1 cm³/mol. The Morgan fingerprint density at radius 1 is 1.42 bits per heavy atom. The van der Waals surface area contributed by atoms with Gasteiger partial charge in [0.15, 0.2) is 0 Å². The highest BCUT2D eigenvalue weighted by Gasteiger charge is 2.22. The molecular formula is C18H22FN3O2. The highest BCUT2D eigenvalue weighted by molar-refractivity contribution is 5.74. The van der Waals surface area contributed by atoms with Crippen LogP contribution in [0.5, 0.6) is 0 Å². The summed E-state index contributed by atoms with van der Waals surface area (Å²) in [7, 11) is 1.45. The van der Waals surface area contributed by atoms with Crippen LogP contribution in [-0.2, 0) is 4.74 Å². The summed E-state index contributed by atoms with van der Waals surface area (Å²) < 4.78 is 18.3. The van der Waals surface area contributed by atoms with Crippen LogP contribution in [0.2, 0.25) is 0 Å². The van der Waals surface area contributed by atoms with E-state index < -0.39 is 18.8 Å². The molecule has 1 N–H and O–H groups in total. The standard InChI is InChI=1S/C18H22FN3O2/c1-4-14(6-5-13(2)12-23)15-7-9-16(10-8-15)18(24-3)17(11-19)21-22-20/h4-10,17-18,23H,1,11-12H2,2-3H3/b13-5+,14-6+/t17-,18-/m1/s1. The lowest BCUT2D eigenvalue weighted by Gasteiger charge is -2.20. The van der Waals surface area contributed by atoms with Gasteiger partial charge in [-0.3, -0.25) is 4.39 Å². The quantitative estimate of drug-likeness (QED) is 0.312. The van der Waals surface area contributed by atoms with Gasteiger partial charge in [0.1, 0.15) is 6.67 Å². The first-order valence-corrected chi connectivity index (χ1v) is 7.45. The molecule has 0 saturated carbocycles. The van der Waals surface area contributed by atoms with Crippen molar-refractivity contribution in [3.8, 4) is 0 Å². The maximum absolute atomic E-state index is 13.0. The Hall–Kier alpha value is -2.40. The molecule has 5 nitrogen and oxygen atoms in total. The third-order valence-corrected chi connectivity index (χ3v) is 3.55. The molecule has 0 unspecified atom stereocenters. The topological polar surface area (TPSA) is 78.2 Å². The second-order valence-electron chi connectivity index (χ2n) is 5.20. The van der Waals surface area contributed by atoms with Gasteiger partial charge in [0.05, 0.1) is 18.8 Å². The SMILES string of the molecule is C=C/C(=C\C=C(/C)CO)c1ccc([C@@H](OC)[C@@H](CF)N=[N+]=[N-])cc1. The van der Waals surface area contributed by atoms with Crippen molar-refractivity contribution in [3.63, 3.8) is 0 Å². The second-order valence-corrected chi connectivity index (χ2v) is 5.20. The zero-order valence-corrected chi connectivity index (χ0v) is 13.9. The van der Waals surface area contributed by atoms with Gasteiger partial charge in [-0.2, -0.15) is 0 Å². The van der Waals surface area contributed by atoms with E-state index in [0.717, 1.165) is 22.3 Å². The lowest BCUT2D eigenvalue weighted by atomic mass is 9.98. The van der Waals surface area contributed by atoms with E-state index in [9.17, 15) is 4.39 Å². The van der Waals surface area contributed by atoms with Crippen LogP contribution in [-0.4, -0.2) is 31.5 Å². The number of rotatable bonds is 9. The molecule has 0 spiro atoms. The van der Waals surface area contributed by atoms with Gasteiger partial charge in [-0.1, -0.05) is 54.2 Å². The second kappa shape index (κ2) is 10.4. The van der Waals surface area contributed by atoms with Gasteiger partial charge < -0.3 is 9.84 Å². The first-order valence-electron chi connectivity index (χ1n) is 7.45. The van der Waals surface area contributed by atoms with Gasteiger partial charge in [-0.25, -0.2) is 0 Å². The molecule has 0 fully saturated rings. The van der Waals surface area contributed by atoms with Crippen LogP contribution in [0.15, 0.2) is 59.8 Å². The Bertz CT molecular complexity index is 647. The molecule has 0 radical (unpaired) electrons. The highest BCUT2D eigenvalue weighted by atomic mass is 19.1. The minimum Gasteiger partial charge on any atom is -0.392 e. The zero-order valence-electron chi connectivity index (χ0n) is 13.9. The van der Waals surface area contributed by atoms with Crippen molar-refractivity contribution in [1.29, 1.82) is 0 Å². The molecule has 1 rings (SSSR count). The van der Waals surface area contributed by atoms with Crippen LogP contribution in [0.25, 0.3) is 16.0 Å². The summed E-state index contributed by atoms with van der Waals surface area (Å²) in [5, 5.41) is 12.5. The van der Waals surface area contributed by atoms with E-state index in [4.69, 9.17) is 15.4 Å². The van der Waals surface area contributed by atoms with Crippen LogP contribution in [0.3, 0.4) is 0 Å². The molecule has 0 amide bonds. The molecule has 128 valence electrons. The zero-order chi connectivity index (χ0) is 17.9. The molecule has 1 aromatic carbocycles. The van der Waals surface area contributed by atoms with E-state index in [1.54, 1.807) is 18.2 Å². The first-order chi connectivity index (χ1) is 11.6. The average Bonchev–Trinajstić information content (AvgIpc) is 2.62. The summed E-state index contributed by atoms with van der Waals surface area (Å²) in [5.74, 6) is 0. The highest BCUT2D eigenvalue weighted by Crippen LogP contribution is 2.26. The van der Waals surface area contributed by atoms with Gasteiger partial charge in [0, 0.05) is 12.0 Å². The largest absolute Gasteiger partial charge is 0.392 e. The number of nitrogens with zero attached hydrogens (tertiary/aromatic N) is 3. The lowest BCUT2D eigenvalue weighted by Crippen LogP contribution is -2.20. The molecule has 6 heteroatoms. The number of benzene rings is 1. The summed E-state index contributed by atoms with van der Waals surface area (Å²) in [5.41, 5.74) is 11.9. The van der Waals surface area contributed by atoms with Crippen molar-refractivity contribution in [1.82, 2.24) is 0 Å². The van der Waals surface area contributed by atoms with Gasteiger partial charge >= 0.3 is 0 Å². The molecule has 0 saturated heterocycles. The monoisotopic (exact) mass is 331 g/mol. The molecule has 1 aromatic rings. The fraction of sp³-hybridized carbons (Fsp3) is 0.333. The molecule has 2 atom stereocenters. The van der Waals surface area contributed by atoms with Gasteiger partial charge in [0.25, 0.3) is 0 Å². The van der Waals surface area contributed by atoms with Gasteiger partial charge in [-0.05, 0) is 34.7 Å². The molecule has 0 aromatic heterocycles. The summed E-state index contributed by atoms with van der Waals surface area (Å²) in [6.07, 6.45) is 4.76. The number of hydrogen-bond acceptors (Lipinski definition) is 3. The summed E-state index contributed by atoms with van der Waals surface area (Å²) >= 11 is 0. The van der Waals surface area contributed by atoms with Crippen molar-refractivity contribution in [3.05, 3.63) is 76.2 Å². The minimum absolute atomic E-state index is 0.000586. The molecule has 0 aliphatic rings. The van der Waals surface area contributed by atoms with Crippen molar-refractivity contribution < 1.29 is 14.2 Å². The van der Waals surface area contributed by atoms with Gasteiger partial charge in [0.2, 0.25) is 0 Å². The number of aliphatic hydroxyl groups is 1. The fourth-order valence-corrected chi connectivity index (χ4v) is 2.19. The number of methoxy groups -OCH3 is 1. The van der Waals surface area contributed by atoms with E-state index in [1.807, 2.05) is 31.2 Å². The minimum atomic E-state index is -0.907. The number of allylic oxidation sites excluding steroid dienone is 4. The Balaban J connectivity index is 3.10. The Morgan fingerprint density at radius 2 is 2.08 bits per heavy atom. The van der Waals surface area contributed by atoms with Crippen molar-refractivity contribution >= 4 is 5.57 Å². The summed E-state index contributed by atoms with van der Waals surface area (Å²) in [6, 6.07) is 6.43. The maximum atomic E-state index is 13.0. The molecule has 24 heavy (non-hydrogen) atoms. The third kappa shape index (κ3) is 5.35. The normalized spacial score (nSPS) is 14.7. The Labute approximate surface area is 141 Å². The summed E-state index contributed by atoms with van der Waals surface area (Å²) in [4.78, 5) is 2.66. The van der Waals surface area contributed by atoms with Crippen LogP contribution in [0, 0.1) is 0 Å². The van der Waals surface area contributed by atoms with E-state index in [-0.39, 0.29) is 6.61 Å². The van der Waals surface area contributed by atoms with Gasteiger partial charge in [-0.15, -0.1) is 0 Å². The molecular weight excluding hydrogens is 309 g/mol. The van der Waals surface area contributed by atoms with Crippen molar-refractivity contribution in [2.75, 3.05) is 20.4 Å². The number of aliphatic hydroxyl groups excluding tert-OH is 1. The number of halogens is 1. The number of hydrogen-bond donors (Lipinski definition) is 1. The van der Waals surface area contributed by atoms with E-state index in [2.05, 4.69) is 16.6 Å². The Morgan fingerprint density at radius 3 is 2.54 bits per heavy atom. The van der Waals surface area contributed by atoms with Crippen LogP contribution in [0.4, 0.5) is 4.39 Å². The van der Waals surface area contributed by atoms with Crippen molar-refractivity contribution in [2.45, 2.75) is 19.1 Å². The maximum Gasteiger partial charge on any atom is 0.101 e.